The van der Waals surface area contributed by atoms with E-state index in [4.69, 9.17) is 9.47 Å². The number of rotatable bonds is 4. The van der Waals surface area contributed by atoms with Crippen molar-refractivity contribution >= 4 is 51.9 Å². The lowest BCUT2D eigenvalue weighted by Gasteiger charge is -2.28. The zero-order valence-electron chi connectivity index (χ0n) is 20.9. The normalized spacial score (nSPS) is 16.4. The predicted octanol–water partition coefficient (Wildman–Crippen LogP) is 4.98. The van der Waals surface area contributed by atoms with E-state index < -0.39 is 20.0 Å². The Balaban J connectivity index is 1.71. The minimum Gasteiger partial charge on any atom is -0.488 e. The number of hydrogen-bond acceptors (Lipinski definition) is 6. The predicted molar refractivity (Wildman–Crippen MR) is 153 cm³/mol. The van der Waals surface area contributed by atoms with Gasteiger partial charge in [0.1, 0.15) is 13.2 Å². The van der Waals surface area contributed by atoms with Crippen LogP contribution < -0.4 is 9.47 Å². The first-order valence-electron chi connectivity index (χ1n) is 11.9. The maximum absolute atomic E-state index is 13.6. The van der Waals surface area contributed by atoms with E-state index in [0.29, 0.717) is 11.5 Å². The van der Waals surface area contributed by atoms with Crippen LogP contribution in [0.2, 0.25) is 0 Å². The molecule has 0 fully saturated rings. The molecule has 1 heterocycles. The molecule has 0 N–H and O–H groups in total. The molecule has 4 rings (SSSR count). The van der Waals surface area contributed by atoms with Crippen LogP contribution in [0, 0.1) is 13.8 Å². The number of aryl methyl sites for hydroxylation is 2. The minimum absolute atomic E-state index is 0.0156. The van der Waals surface area contributed by atoms with Crippen LogP contribution in [0.5, 0.6) is 11.5 Å². The van der Waals surface area contributed by atoms with Crippen LogP contribution in [-0.2, 0) is 20.0 Å². The molecule has 0 bridgehead atoms. The molecule has 0 aliphatic carbocycles. The van der Waals surface area contributed by atoms with Crippen LogP contribution in [0.15, 0.2) is 79.4 Å². The smallest absolute Gasteiger partial charge is 0.243 e. The molecule has 8 nitrogen and oxygen atoms in total. The number of halogens is 2. The Labute approximate surface area is 240 Å². The van der Waals surface area contributed by atoms with Gasteiger partial charge in [-0.05, 0) is 82.1 Å². The van der Waals surface area contributed by atoms with Crippen molar-refractivity contribution in [2.75, 3.05) is 39.4 Å². The third kappa shape index (κ3) is 6.60. The molecule has 0 saturated heterocycles. The fourth-order valence-corrected chi connectivity index (χ4v) is 7.37. The standard InChI is InChI=1S/C26H28Br2N2O6S2/c1-19-3-7-21(8-4-19)37(31,32)29-11-12-30(38(33,34)22-9-5-20(2)6-10-22)14-16-36-26-18-24(28)23(27)17-25(26)35-15-13-29/h3-10,17-18H,11-16H2,1-2H3. The first-order valence-corrected chi connectivity index (χ1v) is 16.3. The van der Waals surface area contributed by atoms with E-state index in [0.717, 1.165) is 20.1 Å². The Kier molecular flexibility index (Phi) is 9.21. The Bertz CT molecular complexity index is 1380. The van der Waals surface area contributed by atoms with Crippen LogP contribution in [0.3, 0.4) is 0 Å². The second-order valence-electron chi connectivity index (χ2n) is 8.84. The van der Waals surface area contributed by atoms with E-state index >= 15 is 0 Å². The van der Waals surface area contributed by atoms with Gasteiger partial charge >= 0.3 is 0 Å². The Morgan fingerprint density at radius 3 is 1.29 bits per heavy atom. The zero-order valence-corrected chi connectivity index (χ0v) is 25.7. The summed E-state index contributed by atoms with van der Waals surface area (Å²) in [5.41, 5.74) is 1.87. The summed E-state index contributed by atoms with van der Waals surface area (Å²) in [6, 6.07) is 16.6. The van der Waals surface area contributed by atoms with Gasteiger partial charge in [-0.3, -0.25) is 0 Å². The monoisotopic (exact) mass is 686 g/mol. The number of ether oxygens (including phenoxy) is 2. The SMILES string of the molecule is Cc1ccc(S(=O)(=O)N2CCOc3cc(Br)c(Br)cc3OCCN(S(=O)(=O)c3ccc(C)cc3)CC2)cc1. The minimum atomic E-state index is -3.92. The third-order valence-corrected chi connectivity index (χ3v) is 11.8. The molecule has 1 aliphatic rings. The summed E-state index contributed by atoms with van der Waals surface area (Å²) in [6.07, 6.45) is 0. The molecule has 0 aromatic heterocycles. The van der Waals surface area contributed by atoms with Crippen LogP contribution in [0.25, 0.3) is 0 Å². The molecule has 0 unspecified atom stereocenters. The van der Waals surface area contributed by atoms with Gasteiger partial charge in [-0.1, -0.05) is 35.4 Å². The number of benzene rings is 3. The fraction of sp³-hybridized carbons (Fsp3) is 0.308. The van der Waals surface area contributed by atoms with E-state index in [-0.39, 0.29) is 49.2 Å². The average molecular weight is 688 g/mol. The lowest BCUT2D eigenvalue weighted by atomic mass is 10.2. The molecule has 0 atom stereocenters. The number of sulfonamides is 2. The summed E-state index contributed by atoms with van der Waals surface area (Å²) >= 11 is 6.91. The van der Waals surface area contributed by atoms with Crippen molar-refractivity contribution in [1.29, 1.82) is 0 Å². The van der Waals surface area contributed by atoms with E-state index in [1.165, 1.54) is 8.61 Å². The van der Waals surface area contributed by atoms with Gasteiger partial charge in [0.25, 0.3) is 0 Å². The van der Waals surface area contributed by atoms with E-state index in [1.54, 1.807) is 60.7 Å². The molecule has 3 aromatic carbocycles. The number of nitrogens with zero attached hydrogens (tertiary/aromatic N) is 2. The van der Waals surface area contributed by atoms with Gasteiger partial charge in [-0.2, -0.15) is 8.61 Å². The fourth-order valence-electron chi connectivity index (χ4n) is 3.90. The van der Waals surface area contributed by atoms with Gasteiger partial charge in [-0.15, -0.1) is 0 Å². The van der Waals surface area contributed by atoms with Gasteiger partial charge in [0.2, 0.25) is 20.0 Å². The quantitative estimate of drug-likeness (QED) is 0.384. The molecule has 0 spiro atoms. The lowest BCUT2D eigenvalue weighted by Crippen LogP contribution is -2.44. The number of fused-ring (bicyclic) bond motifs is 1. The highest BCUT2D eigenvalue weighted by atomic mass is 79.9. The van der Waals surface area contributed by atoms with Crippen LogP contribution in [0.4, 0.5) is 0 Å². The molecule has 204 valence electrons. The summed E-state index contributed by atoms with van der Waals surface area (Å²) in [4.78, 5) is 0.275. The van der Waals surface area contributed by atoms with E-state index in [1.807, 2.05) is 13.8 Å². The Morgan fingerprint density at radius 2 is 0.947 bits per heavy atom. The average Bonchev–Trinajstić information content (AvgIpc) is 2.86. The van der Waals surface area contributed by atoms with Crippen molar-refractivity contribution in [3.8, 4) is 11.5 Å². The highest BCUT2D eigenvalue weighted by Crippen LogP contribution is 2.36. The highest BCUT2D eigenvalue weighted by molar-refractivity contribution is 9.13. The topological polar surface area (TPSA) is 93.2 Å². The van der Waals surface area contributed by atoms with Crippen molar-refractivity contribution in [2.45, 2.75) is 23.6 Å². The molecule has 0 radical (unpaired) electrons. The maximum Gasteiger partial charge on any atom is 0.243 e. The second kappa shape index (κ2) is 12.1. The molecule has 38 heavy (non-hydrogen) atoms. The zero-order chi connectivity index (χ0) is 27.5. The van der Waals surface area contributed by atoms with E-state index in [9.17, 15) is 16.8 Å². The molecule has 3 aromatic rings. The van der Waals surface area contributed by atoms with Crippen molar-refractivity contribution in [2.24, 2.45) is 0 Å². The molecular formula is C26H28Br2N2O6S2. The van der Waals surface area contributed by atoms with Crippen LogP contribution in [-0.4, -0.2) is 64.8 Å². The van der Waals surface area contributed by atoms with Gasteiger partial charge in [0, 0.05) is 35.1 Å². The molecular weight excluding hydrogens is 660 g/mol. The third-order valence-electron chi connectivity index (χ3n) is 6.10. The number of hydrogen-bond donors (Lipinski definition) is 0. The first-order chi connectivity index (χ1) is 18.0. The Hall–Kier alpha value is -1.96. The molecule has 0 saturated carbocycles. The van der Waals surface area contributed by atoms with E-state index in [2.05, 4.69) is 31.9 Å². The largest absolute Gasteiger partial charge is 0.488 e. The molecule has 1 aliphatic heterocycles. The van der Waals surface area contributed by atoms with Crippen molar-refractivity contribution in [3.05, 3.63) is 80.7 Å². The highest BCUT2D eigenvalue weighted by Gasteiger charge is 2.30. The molecule has 0 amide bonds. The van der Waals surface area contributed by atoms with Crippen LogP contribution in [0.1, 0.15) is 11.1 Å². The van der Waals surface area contributed by atoms with Crippen molar-refractivity contribution in [1.82, 2.24) is 8.61 Å². The summed E-state index contributed by atoms with van der Waals surface area (Å²) in [6.45, 7) is 3.77. The van der Waals surface area contributed by atoms with Gasteiger partial charge < -0.3 is 9.47 Å². The first kappa shape index (κ1) is 29.0. The molecule has 12 heteroatoms. The maximum atomic E-state index is 13.6. The lowest BCUT2D eigenvalue weighted by molar-refractivity contribution is 0.217. The summed E-state index contributed by atoms with van der Waals surface area (Å²) in [7, 11) is -7.83. The Morgan fingerprint density at radius 1 is 0.605 bits per heavy atom. The van der Waals surface area contributed by atoms with Gasteiger partial charge in [-0.25, -0.2) is 16.8 Å². The van der Waals surface area contributed by atoms with Crippen molar-refractivity contribution in [3.63, 3.8) is 0 Å². The summed E-state index contributed by atoms with van der Waals surface area (Å²) in [5, 5.41) is 0. The second-order valence-corrected chi connectivity index (χ2v) is 14.4. The van der Waals surface area contributed by atoms with Gasteiger partial charge in [0.15, 0.2) is 11.5 Å². The van der Waals surface area contributed by atoms with Crippen LogP contribution >= 0.6 is 31.9 Å². The summed E-state index contributed by atoms with van der Waals surface area (Å²) in [5.74, 6) is 0.836. The van der Waals surface area contributed by atoms with Crippen molar-refractivity contribution < 1.29 is 26.3 Å². The summed E-state index contributed by atoms with van der Waals surface area (Å²) < 4.78 is 70.2. The van der Waals surface area contributed by atoms with Gasteiger partial charge in [0.05, 0.1) is 9.79 Å².